The third-order valence-electron chi connectivity index (χ3n) is 2.60. The first-order valence-electron chi connectivity index (χ1n) is 4.60. The van der Waals surface area contributed by atoms with Crippen molar-refractivity contribution < 1.29 is 4.39 Å². The molecule has 0 bridgehead atoms. The fourth-order valence-electron chi connectivity index (χ4n) is 1.78. The first-order valence-corrected chi connectivity index (χ1v) is 4.60. The fraction of sp³-hybridized carbons (Fsp3) is 1.00. The van der Waals surface area contributed by atoms with Crippen LogP contribution in [0.3, 0.4) is 0 Å². The Balaban J connectivity index is 2.18. The number of alkyl halides is 1. The van der Waals surface area contributed by atoms with Crippen molar-refractivity contribution in [3.8, 4) is 0 Å². The van der Waals surface area contributed by atoms with E-state index in [0.717, 1.165) is 0 Å². The normalized spacial score (nSPS) is 25.4. The van der Waals surface area contributed by atoms with E-state index in [1.807, 2.05) is 0 Å². The number of halogens is 1. The molecule has 1 nitrogen and oxygen atoms in total. The summed E-state index contributed by atoms with van der Waals surface area (Å²) < 4.78 is 13.1. The van der Waals surface area contributed by atoms with Gasteiger partial charge in [-0.05, 0) is 19.3 Å². The van der Waals surface area contributed by atoms with Gasteiger partial charge in [0.2, 0.25) is 0 Å². The number of rotatable bonds is 3. The summed E-state index contributed by atoms with van der Waals surface area (Å²) in [6.07, 6.45) is 4.92. The molecule has 0 aliphatic heterocycles. The topological polar surface area (TPSA) is 26.0 Å². The quantitative estimate of drug-likeness (QED) is 0.671. The van der Waals surface area contributed by atoms with Crippen molar-refractivity contribution in [2.75, 3.05) is 0 Å². The van der Waals surface area contributed by atoms with Crippen LogP contribution >= 0.6 is 0 Å². The van der Waals surface area contributed by atoms with Crippen LogP contribution in [0.25, 0.3) is 0 Å². The maximum absolute atomic E-state index is 13.1. The zero-order chi connectivity index (χ0) is 8.27. The summed E-state index contributed by atoms with van der Waals surface area (Å²) >= 11 is 0. The van der Waals surface area contributed by atoms with E-state index in [-0.39, 0.29) is 6.04 Å². The zero-order valence-electron chi connectivity index (χ0n) is 7.22. The Kier molecular flexibility index (Phi) is 3.31. The summed E-state index contributed by atoms with van der Waals surface area (Å²) in [6, 6.07) is -0.282. The molecule has 0 amide bonds. The van der Waals surface area contributed by atoms with Gasteiger partial charge in [-0.3, -0.25) is 0 Å². The van der Waals surface area contributed by atoms with Crippen LogP contribution in [0.2, 0.25) is 0 Å². The van der Waals surface area contributed by atoms with Crippen molar-refractivity contribution in [2.24, 2.45) is 11.7 Å². The molecule has 0 saturated heterocycles. The molecule has 0 aromatic rings. The smallest absolute Gasteiger partial charge is 0.115 e. The summed E-state index contributed by atoms with van der Waals surface area (Å²) in [4.78, 5) is 0. The predicted octanol–water partition coefficient (Wildman–Crippen LogP) is 2.25. The molecule has 2 N–H and O–H groups in total. The van der Waals surface area contributed by atoms with Gasteiger partial charge in [0.25, 0.3) is 0 Å². The highest BCUT2D eigenvalue weighted by Gasteiger charge is 2.21. The molecule has 0 aromatic heterocycles. The van der Waals surface area contributed by atoms with E-state index >= 15 is 0 Å². The number of hydrogen-bond acceptors (Lipinski definition) is 1. The van der Waals surface area contributed by atoms with Gasteiger partial charge in [0.05, 0.1) is 0 Å². The standard InChI is InChI=1S/C9H18FN/c1-7(11)9(10)6-8-4-2-3-5-8/h7-9H,2-6,11H2,1H3. The Bertz CT molecular complexity index is 108. The number of hydrogen-bond donors (Lipinski definition) is 1. The molecule has 0 radical (unpaired) electrons. The minimum atomic E-state index is -0.780. The molecule has 0 heterocycles. The summed E-state index contributed by atoms with van der Waals surface area (Å²) in [5.74, 6) is 0.621. The van der Waals surface area contributed by atoms with Crippen LogP contribution in [0.1, 0.15) is 39.0 Å². The fourth-order valence-corrected chi connectivity index (χ4v) is 1.78. The van der Waals surface area contributed by atoms with Gasteiger partial charge in [-0.2, -0.15) is 0 Å². The second-order valence-corrected chi connectivity index (χ2v) is 3.76. The van der Waals surface area contributed by atoms with Gasteiger partial charge in [0.15, 0.2) is 0 Å². The lowest BCUT2D eigenvalue weighted by atomic mass is 9.98. The van der Waals surface area contributed by atoms with Gasteiger partial charge in [-0.25, -0.2) is 4.39 Å². The Hall–Kier alpha value is -0.110. The molecule has 2 unspecified atom stereocenters. The third kappa shape index (κ3) is 2.78. The highest BCUT2D eigenvalue weighted by Crippen LogP contribution is 2.29. The monoisotopic (exact) mass is 159 g/mol. The van der Waals surface area contributed by atoms with E-state index in [9.17, 15) is 4.39 Å². The molecule has 0 aromatic carbocycles. The molecule has 2 heteroatoms. The Labute approximate surface area is 68.2 Å². The van der Waals surface area contributed by atoms with Crippen molar-refractivity contribution in [2.45, 2.75) is 51.2 Å². The lowest BCUT2D eigenvalue weighted by molar-refractivity contribution is 0.237. The Morgan fingerprint density at radius 2 is 2.00 bits per heavy atom. The molecule has 1 fully saturated rings. The first-order chi connectivity index (χ1) is 5.20. The van der Waals surface area contributed by atoms with Crippen molar-refractivity contribution in [1.82, 2.24) is 0 Å². The average Bonchev–Trinajstić information content (AvgIpc) is 2.39. The molecular weight excluding hydrogens is 141 g/mol. The minimum absolute atomic E-state index is 0.282. The van der Waals surface area contributed by atoms with E-state index in [0.29, 0.717) is 12.3 Å². The largest absolute Gasteiger partial charge is 0.325 e. The predicted molar refractivity (Wildman–Crippen MR) is 45.1 cm³/mol. The van der Waals surface area contributed by atoms with Gasteiger partial charge >= 0.3 is 0 Å². The molecule has 1 aliphatic rings. The van der Waals surface area contributed by atoms with E-state index in [2.05, 4.69) is 0 Å². The van der Waals surface area contributed by atoms with E-state index < -0.39 is 6.17 Å². The van der Waals surface area contributed by atoms with Crippen molar-refractivity contribution in [3.63, 3.8) is 0 Å². The number of nitrogens with two attached hydrogens (primary N) is 1. The molecular formula is C9H18FN. The van der Waals surface area contributed by atoms with Crippen LogP contribution in [0, 0.1) is 5.92 Å². The average molecular weight is 159 g/mol. The maximum atomic E-state index is 13.1. The first kappa shape index (κ1) is 8.98. The molecule has 0 spiro atoms. The molecule has 66 valence electrons. The second kappa shape index (κ2) is 4.05. The van der Waals surface area contributed by atoms with Crippen LogP contribution < -0.4 is 5.73 Å². The maximum Gasteiger partial charge on any atom is 0.115 e. The van der Waals surface area contributed by atoms with Gasteiger partial charge in [-0.15, -0.1) is 0 Å². The summed E-state index contributed by atoms with van der Waals surface area (Å²) in [5, 5.41) is 0. The molecule has 2 atom stereocenters. The summed E-state index contributed by atoms with van der Waals surface area (Å²) in [7, 11) is 0. The molecule has 11 heavy (non-hydrogen) atoms. The van der Waals surface area contributed by atoms with Crippen molar-refractivity contribution >= 4 is 0 Å². The second-order valence-electron chi connectivity index (χ2n) is 3.76. The highest BCUT2D eigenvalue weighted by molar-refractivity contribution is 4.75. The van der Waals surface area contributed by atoms with Crippen molar-refractivity contribution in [1.29, 1.82) is 0 Å². The SMILES string of the molecule is CC(N)C(F)CC1CCCC1. The Morgan fingerprint density at radius 1 is 1.45 bits per heavy atom. The van der Waals surface area contributed by atoms with E-state index in [1.165, 1.54) is 25.7 Å². The summed E-state index contributed by atoms with van der Waals surface area (Å²) in [5.41, 5.74) is 5.44. The van der Waals surface area contributed by atoms with Crippen LogP contribution in [0.4, 0.5) is 4.39 Å². The summed E-state index contributed by atoms with van der Waals surface area (Å²) in [6.45, 7) is 1.75. The molecule has 1 saturated carbocycles. The lowest BCUT2D eigenvalue weighted by Crippen LogP contribution is -2.29. The minimum Gasteiger partial charge on any atom is -0.325 e. The van der Waals surface area contributed by atoms with Gasteiger partial charge in [0, 0.05) is 6.04 Å². The van der Waals surface area contributed by atoms with Crippen LogP contribution in [0.5, 0.6) is 0 Å². The van der Waals surface area contributed by atoms with Crippen molar-refractivity contribution in [3.05, 3.63) is 0 Å². The Morgan fingerprint density at radius 3 is 2.45 bits per heavy atom. The van der Waals surface area contributed by atoms with Gasteiger partial charge in [0.1, 0.15) is 6.17 Å². The van der Waals surface area contributed by atoms with Gasteiger partial charge in [-0.1, -0.05) is 25.7 Å². The highest BCUT2D eigenvalue weighted by atomic mass is 19.1. The van der Waals surface area contributed by atoms with E-state index in [4.69, 9.17) is 5.73 Å². The zero-order valence-corrected chi connectivity index (χ0v) is 7.22. The van der Waals surface area contributed by atoms with Gasteiger partial charge < -0.3 is 5.73 Å². The lowest BCUT2D eigenvalue weighted by Gasteiger charge is -2.15. The van der Waals surface area contributed by atoms with Crippen LogP contribution in [0.15, 0.2) is 0 Å². The third-order valence-corrected chi connectivity index (χ3v) is 2.60. The molecule has 1 aliphatic carbocycles. The van der Waals surface area contributed by atoms with E-state index in [1.54, 1.807) is 6.92 Å². The van der Waals surface area contributed by atoms with Crippen LogP contribution in [-0.4, -0.2) is 12.2 Å². The molecule has 1 rings (SSSR count). The van der Waals surface area contributed by atoms with Crippen LogP contribution in [-0.2, 0) is 0 Å².